The zero-order chi connectivity index (χ0) is 24.6. The van der Waals surface area contributed by atoms with Gasteiger partial charge in [0, 0.05) is 26.2 Å². The van der Waals surface area contributed by atoms with E-state index in [1.807, 2.05) is 6.07 Å². The Morgan fingerprint density at radius 1 is 0.909 bits per heavy atom. The average molecular weight is 464 g/mol. The second-order valence-electron chi connectivity index (χ2n) is 8.79. The van der Waals surface area contributed by atoms with Crippen molar-refractivity contribution in [2.75, 3.05) is 32.8 Å². The number of esters is 1. The summed E-state index contributed by atoms with van der Waals surface area (Å²) in [5, 5.41) is 2.41. The highest BCUT2D eigenvalue weighted by Crippen LogP contribution is 2.19. The molecule has 2 rings (SSSR count). The number of rotatable bonds is 6. The number of ether oxygens (including phenoxy) is 3. The van der Waals surface area contributed by atoms with E-state index in [4.69, 9.17) is 14.2 Å². The van der Waals surface area contributed by atoms with Crippen LogP contribution in [0.1, 0.15) is 40.2 Å². The van der Waals surface area contributed by atoms with Gasteiger partial charge in [0.25, 0.3) is 5.91 Å². The minimum Gasteiger partial charge on any atom is -0.458 e. The van der Waals surface area contributed by atoms with Crippen molar-refractivity contribution in [1.29, 1.82) is 0 Å². The van der Waals surface area contributed by atoms with Crippen LogP contribution in [0.2, 0.25) is 0 Å². The maximum atomic E-state index is 13.4. The van der Waals surface area contributed by atoms with Gasteiger partial charge in [-0.3, -0.25) is 10.1 Å². The van der Waals surface area contributed by atoms with Crippen molar-refractivity contribution in [3.05, 3.63) is 35.9 Å². The van der Waals surface area contributed by atoms with Gasteiger partial charge in [0.1, 0.15) is 12.2 Å². The molecule has 0 saturated carbocycles. The number of hydrogen-bond acceptors (Lipinski definition) is 7. The van der Waals surface area contributed by atoms with Crippen LogP contribution in [-0.4, -0.2) is 77.8 Å². The highest BCUT2D eigenvalue weighted by atomic mass is 16.6. The molecule has 1 heterocycles. The van der Waals surface area contributed by atoms with Crippen molar-refractivity contribution in [2.24, 2.45) is 0 Å². The minimum absolute atomic E-state index is 0.0243. The van der Waals surface area contributed by atoms with Gasteiger partial charge >= 0.3 is 18.2 Å². The normalized spacial score (nSPS) is 15.8. The van der Waals surface area contributed by atoms with Gasteiger partial charge in [0.15, 0.2) is 0 Å². The Morgan fingerprint density at radius 2 is 1.48 bits per heavy atom. The first-order valence-electron chi connectivity index (χ1n) is 10.9. The van der Waals surface area contributed by atoms with E-state index in [9.17, 15) is 19.2 Å². The number of amides is 3. The summed E-state index contributed by atoms with van der Waals surface area (Å²) >= 11 is 0. The highest BCUT2D eigenvalue weighted by Gasteiger charge is 2.49. The average Bonchev–Trinajstić information content (AvgIpc) is 2.77. The van der Waals surface area contributed by atoms with E-state index in [0.29, 0.717) is 0 Å². The van der Waals surface area contributed by atoms with Crippen molar-refractivity contribution in [3.63, 3.8) is 0 Å². The van der Waals surface area contributed by atoms with E-state index in [2.05, 4.69) is 5.32 Å². The number of hydrogen-bond donors (Lipinski definition) is 1. The van der Waals surface area contributed by atoms with Gasteiger partial charge in [-0.15, -0.1) is 0 Å². The summed E-state index contributed by atoms with van der Waals surface area (Å²) in [6.45, 7) is 9.09. The Morgan fingerprint density at radius 3 is 2.03 bits per heavy atom. The summed E-state index contributed by atoms with van der Waals surface area (Å²) in [4.78, 5) is 53.7. The van der Waals surface area contributed by atoms with Crippen molar-refractivity contribution < 1.29 is 33.4 Å². The molecule has 10 nitrogen and oxygen atoms in total. The Kier molecular flexibility index (Phi) is 8.67. The van der Waals surface area contributed by atoms with Crippen LogP contribution in [0, 0.1) is 0 Å². The van der Waals surface area contributed by atoms with Crippen LogP contribution in [-0.2, 0) is 30.4 Å². The second kappa shape index (κ2) is 11.0. The smallest absolute Gasteiger partial charge is 0.409 e. The Balaban J connectivity index is 2.12. The Labute approximate surface area is 194 Å². The van der Waals surface area contributed by atoms with E-state index in [1.54, 1.807) is 52.0 Å². The van der Waals surface area contributed by atoms with Gasteiger partial charge in [-0.05, 0) is 40.2 Å². The van der Waals surface area contributed by atoms with Crippen LogP contribution in [0.25, 0.3) is 0 Å². The van der Waals surface area contributed by atoms with Gasteiger partial charge in [0.05, 0.1) is 6.61 Å². The summed E-state index contributed by atoms with van der Waals surface area (Å²) in [5.41, 5.74) is -2.13. The first-order valence-corrected chi connectivity index (χ1v) is 10.9. The van der Waals surface area contributed by atoms with E-state index in [-0.39, 0.29) is 39.4 Å². The fourth-order valence-electron chi connectivity index (χ4n) is 3.16. The standard InChI is InChI=1S/C23H33N3O7/c1-6-31-21(30)26-14-12-25(13-15-26)18(27)23(5,19(28)33-22(2,3)4)24-20(29)32-16-17-10-8-7-9-11-17/h7-11H,6,12-16H2,1-5H3,(H,24,29)/t23-/m0/s1. The van der Waals surface area contributed by atoms with Crippen LogP contribution < -0.4 is 5.32 Å². The SMILES string of the molecule is CCOC(=O)N1CCN(C(=O)[C@](C)(NC(=O)OCc2ccccc2)C(=O)OC(C)(C)C)CC1. The quantitative estimate of drug-likeness (QED) is 0.391. The maximum Gasteiger partial charge on any atom is 0.409 e. The number of nitrogens with one attached hydrogen (secondary N) is 1. The van der Waals surface area contributed by atoms with E-state index in [1.165, 1.54) is 16.7 Å². The van der Waals surface area contributed by atoms with Crippen LogP contribution in [0.3, 0.4) is 0 Å². The van der Waals surface area contributed by atoms with E-state index >= 15 is 0 Å². The number of alkyl carbamates (subject to hydrolysis) is 1. The fraction of sp³-hybridized carbons (Fsp3) is 0.565. The molecule has 1 aliphatic rings. The van der Waals surface area contributed by atoms with Crippen molar-refractivity contribution in [1.82, 2.24) is 15.1 Å². The number of carbonyl (C=O) groups is 4. The third-order valence-corrected chi connectivity index (χ3v) is 4.89. The zero-order valence-corrected chi connectivity index (χ0v) is 19.9. The molecule has 0 radical (unpaired) electrons. The lowest BCUT2D eigenvalue weighted by molar-refractivity contribution is -0.168. The van der Waals surface area contributed by atoms with Crippen LogP contribution in [0.15, 0.2) is 30.3 Å². The van der Waals surface area contributed by atoms with Crippen LogP contribution >= 0.6 is 0 Å². The second-order valence-corrected chi connectivity index (χ2v) is 8.79. The molecule has 1 N–H and O–H groups in total. The third kappa shape index (κ3) is 7.37. The minimum atomic E-state index is -2.01. The number of carbonyl (C=O) groups excluding carboxylic acids is 4. The molecule has 0 bridgehead atoms. The molecule has 1 aromatic carbocycles. The molecule has 1 saturated heterocycles. The molecule has 0 unspecified atom stereocenters. The van der Waals surface area contributed by atoms with Gasteiger partial charge in [-0.1, -0.05) is 30.3 Å². The molecule has 1 aromatic rings. The molecule has 3 amide bonds. The number of benzene rings is 1. The summed E-state index contributed by atoms with van der Waals surface area (Å²) in [7, 11) is 0. The van der Waals surface area contributed by atoms with Gasteiger partial charge in [-0.25, -0.2) is 14.4 Å². The molecule has 0 spiro atoms. The van der Waals surface area contributed by atoms with Crippen LogP contribution in [0.5, 0.6) is 0 Å². The molecule has 10 heteroatoms. The van der Waals surface area contributed by atoms with Gasteiger partial charge < -0.3 is 24.0 Å². The highest BCUT2D eigenvalue weighted by molar-refractivity contribution is 6.09. The first-order chi connectivity index (χ1) is 15.5. The monoisotopic (exact) mass is 463 g/mol. The molecule has 1 atom stereocenters. The topological polar surface area (TPSA) is 114 Å². The summed E-state index contributed by atoms with van der Waals surface area (Å²) < 4.78 is 15.6. The molecular formula is C23H33N3O7. The van der Waals surface area contributed by atoms with Crippen molar-refractivity contribution >= 4 is 24.1 Å². The predicted octanol–water partition coefficient (Wildman–Crippen LogP) is 2.31. The van der Waals surface area contributed by atoms with Gasteiger partial charge in [0.2, 0.25) is 5.54 Å². The number of piperazine rings is 1. The molecule has 33 heavy (non-hydrogen) atoms. The fourth-order valence-corrected chi connectivity index (χ4v) is 3.16. The van der Waals surface area contributed by atoms with Crippen molar-refractivity contribution in [2.45, 2.75) is 52.4 Å². The molecule has 1 fully saturated rings. The van der Waals surface area contributed by atoms with E-state index < -0.39 is 35.2 Å². The Hall–Kier alpha value is -3.30. The largest absolute Gasteiger partial charge is 0.458 e. The van der Waals surface area contributed by atoms with Crippen molar-refractivity contribution in [3.8, 4) is 0 Å². The molecule has 0 aromatic heterocycles. The zero-order valence-electron chi connectivity index (χ0n) is 19.9. The van der Waals surface area contributed by atoms with Crippen LogP contribution in [0.4, 0.5) is 9.59 Å². The summed E-state index contributed by atoms with van der Waals surface area (Å²) in [5.74, 6) is -1.54. The molecular weight excluding hydrogens is 430 g/mol. The van der Waals surface area contributed by atoms with Gasteiger partial charge in [-0.2, -0.15) is 0 Å². The predicted molar refractivity (Wildman–Crippen MR) is 119 cm³/mol. The maximum absolute atomic E-state index is 13.4. The lowest BCUT2D eigenvalue weighted by atomic mass is 9.99. The molecule has 1 aliphatic heterocycles. The third-order valence-electron chi connectivity index (χ3n) is 4.89. The molecule has 0 aliphatic carbocycles. The lowest BCUT2D eigenvalue weighted by Crippen LogP contribution is -2.66. The first kappa shape index (κ1) is 26.0. The summed E-state index contributed by atoms with van der Waals surface area (Å²) in [6.07, 6.45) is -1.38. The summed E-state index contributed by atoms with van der Waals surface area (Å²) in [6, 6.07) is 9.02. The lowest BCUT2D eigenvalue weighted by Gasteiger charge is -2.39. The molecule has 182 valence electrons. The Bertz CT molecular complexity index is 845. The van der Waals surface area contributed by atoms with E-state index in [0.717, 1.165) is 5.56 Å². The number of nitrogens with zero attached hydrogens (tertiary/aromatic N) is 2.